The minimum absolute atomic E-state index is 0.113. The Morgan fingerprint density at radius 2 is 1.31 bits per heavy atom. The van der Waals surface area contributed by atoms with Crippen LogP contribution in [0.5, 0.6) is 0 Å². The summed E-state index contributed by atoms with van der Waals surface area (Å²) < 4.78 is 15.0. The van der Waals surface area contributed by atoms with Crippen LogP contribution < -0.4 is 10.6 Å². The highest BCUT2D eigenvalue weighted by Crippen LogP contribution is 2.39. The molecule has 0 spiro atoms. The molecule has 2 saturated heterocycles. The van der Waals surface area contributed by atoms with Crippen molar-refractivity contribution in [3.05, 3.63) is 84.6 Å². The van der Waals surface area contributed by atoms with Crippen LogP contribution in [-0.2, 0) is 23.8 Å². The van der Waals surface area contributed by atoms with Gasteiger partial charge in [0.15, 0.2) is 0 Å². The van der Waals surface area contributed by atoms with E-state index < -0.39 is 38.4 Å². The van der Waals surface area contributed by atoms with Gasteiger partial charge in [0.1, 0.15) is 23.7 Å². The Labute approximate surface area is 357 Å². The van der Waals surface area contributed by atoms with Crippen LogP contribution in [0.1, 0.15) is 57.3 Å². The standard InChI is InChI=1S/C45H56N8O7Si/c1-26(2)38(50-44(56)59-5)42(54)53-25-61(7,8)24-37(53)41-47-33-20-19-32(22-34(33)48-41)30-13-11-28(12-14-30)29-15-17-31(18-16-29)35-23-46-40(49-35)36-10-9-21-52(36)43(55)39(27(3)58-4)51-45(57)60-6/h11-20,22-23,26-27,36-39H,9-10,21,24-25H2,1-8H3,(H,46,49)(H,47,48)(H,50,56)(H,51,57)/t27?,36-,37-,38-,39-/m0/s1. The molecule has 15 nitrogen and oxygen atoms in total. The van der Waals surface area contributed by atoms with Gasteiger partial charge in [0.25, 0.3) is 0 Å². The lowest BCUT2D eigenvalue weighted by atomic mass is 9.99. The van der Waals surface area contributed by atoms with Crippen molar-refractivity contribution in [3.8, 4) is 33.5 Å². The van der Waals surface area contributed by atoms with Gasteiger partial charge in [-0.1, -0.05) is 81.5 Å². The Morgan fingerprint density at radius 1 is 0.738 bits per heavy atom. The van der Waals surface area contributed by atoms with Gasteiger partial charge in [0.2, 0.25) is 11.8 Å². The lowest BCUT2D eigenvalue weighted by molar-refractivity contribution is -0.137. The molecule has 0 saturated carbocycles. The van der Waals surface area contributed by atoms with Gasteiger partial charge in [-0.25, -0.2) is 19.6 Å². The van der Waals surface area contributed by atoms with E-state index in [9.17, 15) is 19.2 Å². The van der Waals surface area contributed by atoms with Crippen LogP contribution in [0, 0.1) is 5.92 Å². The molecule has 4 amide bonds. The molecular formula is C45H56N8O7Si. The predicted octanol–water partition coefficient (Wildman–Crippen LogP) is 7.22. The average molecular weight is 849 g/mol. The van der Waals surface area contributed by atoms with Crippen molar-refractivity contribution in [2.24, 2.45) is 5.92 Å². The number of hydrogen-bond acceptors (Lipinski definition) is 9. The van der Waals surface area contributed by atoms with Crippen LogP contribution in [0.4, 0.5) is 9.59 Å². The van der Waals surface area contributed by atoms with Crippen molar-refractivity contribution < 1.29 is 33.4 Å². The Balaban J connectivity index is 1.03. The number of benzene rings is 3. The molecule has 16 heteroatoms. The largest absolute Gasteiger partial charge is 0.453 e. The van der Waals surface area contributed by atoms with Gasteiger partial charge in [0, 0.05) is 19.8 Å². The molecule has 4 heterocycles. The van der Waals surface area contributed by atoms with E-state index in [1.807, 2.05) is 24.8 Å². The number of hydrogen-bond donors (Lipinski definition) is 4. The third-order valence-electron chi connectivity index (χ3n) is 12.0. The second-order valence-electron chi connectivity index (χ2n) is 17.1. The molecule has 0 aliphatic carbocycles. The average Bonchev–Trinajstić information content (AvgIpc) is 4.09. The van der Waals surface area contributed by atoms with Crippen LogP contribution >= 0.6 is 0 Å². The number of nitrogens with one attached hydrogen (secondary N) is 4. The van der Waals surface area contributed by atoms with E-state index in [0.29, 0.717) is 18.5 Å². The predicted molar refractivity (Wildman–Crippen MR) is 235 cm³/mol. The number of amides is 4. The maximum absolute atomic E-state index is 13.9. The van der Waals surface area contributed by atoms with Gasteiger partial charge < -0.3 is 44.6 Å². The maximum atomic E-state index is 13.9. The number of carbonyl (C=O) groups excluding carboxylic acids is 4. The van der Waals surface area contributed by atoms with Crippen molar-refractivity contribution in [3.63, 3.8) is 0 Å². The highest BCUT2D eigenvalue weighted by Gasteiger charge is 2.46. The van der Waals surface area contributed by atoms with E-state index in [4.69, 9.17) is 19.2 Å². The molecule has 4 N–H and O–H groups in total. The molecular weight excluding hydrogens is 793 g/mol. The summed E-state index contributed by atoms with van der Waals surface area (Å²) in [5, 5.41) is 5.37. The molecule has 0 radical (unpaired) electrons. The number of rotatable bonds is 12. The molecule has 2 aliphatic rings. The van der Waals surface area contributed by atoms with Gasteiger partial charge >= 0.3 is 12.2 Å². The first-order chi connectivity index (χ1) is 29.2. The number of fused-ring (bicyclic) bond motifs is 1. The SMILES string of the molecule is COC(=O)N[C@H](C(=O)N1C[Si](C)(C)C[C@H]1c1nc2cc(-c3ccc(-c4ccc(-c5cnc([C@@H]6CCCN6C(=O)[C@@H](NC(=O)OC)C(C)OC)[nH]5)cc4)cc3)ccc2[nH]1)C(C)C. The number of methoxy groups -OCH3 is 3. The minimum atomic E-state index is -1.76. The lowest BCUT2D eigenvalue weighted by Crippen LogP contribution is -2.54. The fraction of sp³-hybridized carbons (Fsp3) is 0.422. The number of nitrogens with zero attached hydrogens (tertiary/aromatic N) is 4. The Kier molecular flexibility index (Phi) is 12.7. The highest BCUT2D eigenvalue weighted by molar-refractivity contribution is 6.78. The van der Waals surface area contributed by atoms with E-state index in [0.717, 1.165) is 69.3 Å². The van der Waals surface area contributed by atoms with Crippen LogP contribution in [0.15, 0.2) is 72.9 Å². The Morgan fingerprint density at radius 3 is 1.92 bits per heavy atom. The van der Waals surface area contributed by atoms with E-state index in [2.05, 4.69) is 99.3 Å². The van der Waals surface area contributed by atoms with Crippen molar-refractivity contribution in [1.82, 2.24) is 40.4 Å². The molecule has 3 aromatic carbocycles. The molecule has 1 unspecified atom stereocenters. The summed E-state index contributed by atoms with van der Waals surface area (Å²) in [6.07, 6.45) is 2.17. The third-order valence-corrected chi connectivity index (χ3v) is 14.7. The van der Waals surface area contributed by atoms with Crippen LogP contribution in [-0.4, -0.2) is 114 Å². The van der Waals surface area contributed by atoms with E-state index in [-0.39, 0.29) is 29.8 Å². The molecule has 5 aromatic rings. The minimum Gasteiger partial charge on any atom is -0.453 e. The molecule has 5 atom stereocenters. The zero-order valence-electron chi connectivity index (χ0n) is 36.1. The van der Waals surface area contributed by atoms with Crippen molar-refractivity contribution in [2.45, 2.75) is 83.0 Å². The van der Waals surface area contributed by atoms with Gasteiger partial charge in [-0.2, -0.15) is 0 Å². The normalized spacial score (nSPS) is 18.8. The smallest absolute Gasteiger partial charge is 0.407 e. The summed E-state index contributed by atoms with van der Waals surface area (Å²) in [6.45, 7) is 10.7. The second kappa shape index (κ2) is 17.9. The number of ether oxygens (including phenoxy) is 3. The number of aromatic nitrogens is 4. The molecule has 2 aromatic heterocycles. The lowest BCUT2D eigenvalue weighted by Gasteiger charge is -2.30. The second-order valence-corrected chi connectivity index (χ2v) is 22.2. The van der Waals surface area contributed by atoms with Gasteiger partial charge in [-0.3, -0.25) is 9.59 Å². The number of imidazole rings is 2. The molecule has 0 bridgehead atoms. The van der Waals surface area contributed by atoms with Crippen molar-refractivity contribution in [2.75, 3.05) is 34.0 Å². The molecule has 61 heavy (non-hydrogen) atoms. The quantitative estimate of drug-likeness (QED) is 0.0942. The zero-order chi connectivity index (χ0) is 43.6. The zero-order valence-corrected chi connectivity index (χ0v) is 37.1. The van der Waals surface area contributed by atoms with E-state index in [1.165, 1.54) is 21.3 Å². The van der Waals surface area contributed by atoms with Crippen molar-refractivity contribution in [1.29, 1.82) is 0 Å². The molecule has 7 rings (SSSR count). The van der Waals surface area contributed by atoms with Crippen LogP contribution in [0.3, 0.4) is 0 Å². The monoisotopic (exact) mass is 848 g/mol. The Bertz CT molecular complexity index is 2380. The van der Waals surface area contributed by atoms with Gasteiger partial charge in [-0.05, 0) is 71.7 Å². The topological polar surface area (TPSA) is 184 Å². The number of alkyl carbamates (subject to hydrolysis) is 2. The van der Waals surface area contributed by atoms with Gasteiger partial charge in [-0.15, -0.1) is 0 Å². The first-order valence-electron chi connectivity index (χ1n) is 20.8. The number of H-pyrrole nitrogens is 2. The van der Waals surface area contributed by atoms with Crippen molar-refractivity contribution >= 4 is 43.1 Å². The summed E-state index contributed by atoms with van der Waals surface area (Å²) in [5.74, 6) is 0.979. The summed E-state index contributed by atoms with van der Waals surface area (Å²) in [5.41, 5.74) is 7.76. The van der Waals surface area contributed by atoms with E-state index >= 15 is 0 Å². The summed E-state index contributed by atoms with van der Waals surface area (Å²) in [7, 11) is 2.30. The fourth-order valence-corrected chi connectivity index (χ4v) is 11.4. The third kappa shape index (κ3) is 9.20. The summed E-state index contributed by atoms with van der Waals surface area (Å²) >= 11 is 0. The Hall–Kier alpha value is -6.00. The fourth-order valence-electron chi connectivity index (χ4n) is 8.53. The highest BCUT2D eigenvalue weighted by atomic mass is 28.3. The van der Waals surface area contributed by atoms with Gasteiger partial charge in [0.05, 0.1) is 63.4 Å². The first kappa shape index (κ1) is 43.1. The molecule has 2 aliphatic heterocycles. The first-order valence-corrected chi connectivity index (χ1v) is 24.2. The van der Waals surface area contributed by atoms with Crippen LogP contribution in [0.2, 0.25) is 19.1 Å². The number of aromatic amines is 2. The number of likely N-dealkylation sites (tertiary alicyclic amines) is 1. The van der Waals surface area contributed by atoms with E-state index in [1.54, 1.807) is 18.0 Å². The molecule has 322 valence electrons. The summed E-state index contributed by atoms with van der Waals surface area (Å²) in [6, 6.07) is 21.7. The maximum Gasteiger partial charge on any atom is 0.407 e. The molecule has 2 fully saturated rings. The number of carbonyl (C=O) groups is 4. The van der Waals surface area contributed by atoms with Crippen LogP contribution in [0.25, 0.3) is 44.5 Å². The summed E-state index contributed by atoms with van der Waals surface area (Å²) in [4.78, 5) is 72.0.